The minimum atomic E-state index is -0.627. The second kappa shape index (κ2) is 5.10. The summed E-state index contributed by atoms with van der Waals surface area (Å²) in [4.78, 5) is 8.08. The molecule has 2 rings (SSSR count). The summed E-state index contributed by atoms with van der Waals surface area (Å²) in [6.45, 7) is 1.89. The second-order valence-electron chi connectivity index (χ2n) is 3.90. The van der Waals surface area contributed by atoms with Gasteiger partial charge in [-0.1, -0.05) is 11.6 Å². The van der Waals surface area contributed by atoms with Crippen molar-refractivity contribution in [2.24, 2.45) is 0 Å². The van der Waals surface area contributed by atoms with E-state index in [9.17, 15) is 4.21 Å². The van der Waals surface area contributed by atoms with Crippen LogP contribution in [0.25, 0.3) is 0 Å². The van der Waals surface area contributed by atoms with Gasteiger partial charge in [0.05, 0.1) is 0 Å². The number of nitrogens with zero attached hydrogens (tertiary/aromatic N) is 2. The van der Waals surface area contributed by atoms with Crippen LogP contribution in [-0.4, -0.2) is 31.7 Å². The summed E-state index contributed by atoms with van der Waals surface area (Å²) in [6, 6.07) is 0.349. The van der Waals surface area contributed by atoms with Crippen molar-refractivity contribution in [3.05, 3.63) is 17.0 Å². The Kier molecular flexibility index (Phi) is 3.76. The standard InChI is InChI=1S/C10H14ClN3OS/c1-7-9(11)12-6-13-10(7)14-8-2-4-16(15)5-3-8/h6,8H,2-5H2,1H3,(H,12,13,14). The van der Waals surface area contributed by atoms with E-state index in [-0.39, 0.29) is 0 Å². The van der Waals surface area contributed by atoms with Crippen molar-refractivity contribution in [1.82, 2.24) is 9.97 Å². The van der Waals surface area contributed by atoms with Crippen LogP contribution in [0.15, 0.2) is 6.33 Å². The summed E-state index contributed by atoms with van der Waals surface area (Å²) in [5.41, 5.74) is 0.871. The highest BCUT2D eigenvalue weighted by Crippen LogP contribution is 2.21. The molecule has 4 nitrogen and oxygen atoms in total. The Labute approximate surface area is 102 Å². The minimum Gasteiger partial charge on any atom is -0.367 e. The Hall–Kier alpha value is -0.680. The van der Waals surface area contributed by atoms with Crippen molar-refractivity contribution in [2.75, 3.05) is 16.8 Å². The normalized spacial score (nSPS) is 25.4. The van der Waals surface area contributed by atoms with Crippen LogP contribution >= 0.6 is 11.6 Å². The largest absolute Gasteiger partial charge is 0.367 e. The molecule has 0 bridgehead atoms. The van der Waals surface area contributed by atoms with E-state index in [0.29, 0.717) is 11.2 Å². The van der Waals surface area contributed by atoms with Gasteiger partial charge in [0.15, 0.2) is 0 Å². The molecule has 1 saturated heterocycles. The van der Waals surface area contributed by atoms with Gasteiger partial charge in [-0.2, -0.15) is 0 Å². The third-order valence-electron chi connectivity index (χ3n) is 2.75. The molecule has 0 spiro atoms. The van der Waals surface area contributed by atoms with E-state index in [4.69, 9.17) is 11.6 Å². The average molecular weight is 260 g/mol. The highest BCUT2D eigenvalue weighted by molar-refractivity contribution is 7.85. The minimum absolute atomic E-state index is 0.349. The molecular weight excluding hydrogens is 246 g/mol. The quantitative estimate of drug-likeness (QED) is 0.823. The molecule has 2 heterocycles. The average Bonchev–Trinajstić information content (AvgIpc) is 2.28. The fraction of sp³-hybridized carbons (Fsp3) is 0.600. The lowest BCUT2D eigenvalue weighted by atomic mass is 10.1. The van der Waals surface area contributed by atoms with Crippen LogP contribution in [0.4, 0.5) is 5.82 Å². The lowest BCUT2D eigenvalue weighted by Crippen LogP contribution is -2.30. The third-order valence-corrected chi connectivity index (χ3v) is 4.51. The van der Waals surface area contributed by atoms with Crippen molar-refractivity contribution >= 4 is 28.2 Å². The topological polar surface area (TPSA) is 54.9 Å². The summed E-state index contributed by atoms with van der Waals surface area (Å²) in [6.07, 6.45) is 3.31. The second-order valence-corrected chi connectivity index (χ2v) is 5.96. The first-order valence-electron chi connectivity index (χ1n) is 5.25. The number of anilines is 1. The zero-order valence-corrected chi connectivity index (χ0v) is 10.6. The van der Waals surface area contributed by atoms with Crippen molar-refractivity contribution in [3.63, 3.8) is 0 Å². The SMILES string of the molecule is Cc1c(Cl)ncnc1NC1CCS(=O)CC1. The van der Waals surface area contributed by atoms with Gasteiger partial charge in [0.1, 0.15) is 17.3 Å². The molecule has 0 aliphatic carbocycles. The zero-order chi connectivity index (χ0) is 11.5. The van der Waals surface area contributed by atoms with Gasteiger partial charge in [0.2, 0.25) is 0 Å². The molecule has 0 saturated carbocycles. The Balaban J connectivity index is 2.04. The van der Waals surface area contributed by atoms with E-state index in [1.165, 1.54) is 6.33 Å². The molecule has 1 aliphatic heterocycles. The first kappa shape index (κ1) is 11.8. The van der Waals surface area contributed by atoms with E-state index >= 15 is 0 Å². The van der Waals surface area contributed by atoms with Gasteiger partial charge in [-0.05, 0) is 19.8 Å². The monoisotopic (exact) mass is 259 g/mol. The van der Waals surface area contributed by atoms with Gasteiger partial charge in [0.25, 0.3) is 0 Å². The maximum Gasteiger partial charge on any atom is 0.137 e. The van der Waals surface area contributed by atoms with E-state index < -0.39 is 10.8 Å². The molecule has 1 aliphatic rings. The molecule has 1 fully saturated rings. The molecule has 6 heteroatoms. The van der Waals surface area contributed by atoms with E-state index in [2.05, 4.69) is 15.3 Å². The van der Waals surface area contributed by atoms with Crippen LogP contribution in [0.3, 0.4) is 0 Å². The molecule has 0 atom stereocenters. The molecule has 88 valence electrons. The Morgan fingerprint density at radius 3 is 2.81 bits per heavy atom. The highest BCUT2D eigenvalue weighted by atomic mass is 35.5. The lowest BCUT2D eigenvalue weighted by molar-refractivity contribution is 0.622. The van der Waals surface area contributed by atoms with Crippen molar-refractivity contribution in [1.29, 1.82) is 0 Å². The molecule has 1 aromatic rings. The van der Waals surface area contributed by atoms with Crippen molar-refractivity contribution in [3.8, 4) is 0 Å². The van der Waals surface area contributed by atoms with Crippen LogP contribution in [0.5, 0.6) is 0 Å². The molecule has 16 heavy (non-hydrogen) atoms. The molecule has 0 amide bonds. The first-order valence-corrected chi connectivity index (χ1v) is 7.12. The van der Waals surface area contributed by atoms with E-state index in [1.54, 1.807) is 0 Å². The summed E-state index contributed by atoms with van der Waals surface area (Å²) < 4.78 is 11.2. The van der Waals surface area contributed by atoms with Crippen LogP contribution in [-0.2, 0) is 10.8 Å². The summed E-state index contributed by atoms with van der Waals surface area (Å²) >= 11 is 5.91. The lowest BCUT2D eigenvalue weighted by Gasteiger charge is -2.23. The molecule has 0 radical (unpaired) electrons. The number of hydrogen-bond acceptors (Lipinski definition) is 4. The van der Waals surface area contributed by atoms with E-state index in [0.717, 1.165) is 35.7 Å². The number of nitrogens with one attached hydrogen (secondary N) is 1. The number of hydrogen-bond donors (Lipinski definition) is 1. The van der Waals surface area contributed by atoms with Crippen LogP contribution in [0.1, 0.15) is 18.4 Å². The number of halogens is 1. The third kappa shape index (κ3) is 2.71. The fourth-order valence-corrected chi connectivity index (χ4v) is 3.14. The number of rotatable bonds is 2. The summed E-state index contributed by atoms with van der Waals surface area (Å²) in [5.74, 6) is 2.34. The van der Waals surface area contributed by atoms with Crippen LogP contribution in [0, 0.1) is 6.92 Å². The Morgan fingerprint density at radius 2 is 2.12 bits per heavy atom. The highest BCUT2D eigenvalue weighted by Gasteiger charge is 2.18. The zero-order valence-electron chi connectivity index (χ0n) is 9.07. The molecule has 1 N–H and O–H groups in total. The summed E-state index contributed by atoms with van der Waals surface area (Å²) in [7, 11) is -0.627. The molecule has 0 aromatic carbocycles. The predicted octanol–water partition coefficient (Wildman–Crippen LogP) is 1.76. The fourth-order valence-electron chi connectivity index (χ4n) is 1.71. The van der Waals surface area contributed by atoms with Gasteiger partial charge in [-0.15, -0.1) is 0 Å². The molecular formula is C10H14ClN3OS. The first-order chi connectivity index (χ1) is 7.66. The molecule has 1 aromatic heterocycles. The maximum atomic E-state index is 11.2. The van der Waals surface area contributed by atoms with Crippen molar-refractivity contribution in [2.45, 2.75) is 25.8 Å². The summed E-state index contributed by atoms with van der Waals surface area (Å²) in [5, 5.41) is 3.82. The van der Waals surface area contributed by atoms with Gasteiger partial charge >= 0.3 is 0 Å². The Bertz CT molecular complexity index is 403. The van der Waals surface area contributed by atoms with Gasteiger partial charge < -0.3 is 5.32 Å². The molecule has 0 unspecified atom stereocenters. The van der Waals surface area contributed by atoms with Crippen LogP contribution < -0.4 is 5.32 Å². The number of aromatic nitrogens is 2. The van der Waals surface area contributed by atoms with Crippen LogP contribution in [0.2, 0.25) is 5.15 Å². The maximum absolute atomic E-state index is 11.2. The predicted molar refractivity (Wildman–Crippen MR) is 66.3 cm³/mol. The Morgan fingerprint density at radius 1 is 1.44 bits per heavy atom. The van der Waals surface area contributed by atoms with E-state index in [1.807, 2.05) is 6.92 Å². The smallest absolute Gasteiger partial charge is 0.137 e. The van der Waals surface area contributed by atoms with Gasteiger partial charge in [0, 0.05) is 33.9 Å². The van der Waals surface area contributed by atoms with Crippen molar-refractivity contribution < 1.29 is 4.21 Å². The van der Waals surface area contributed by atoms with Gasteiger partial charge in [-0.3, -0.25) is 4.21 Å². The van der Waals surface area contributed by atoms with Gasteiger partial charge in [-0.25, -0.2) is 9.97 Å².